The second-order valence-electron chi connectivity index (χ2n) is 6.28. The summed E-state index contributed by atoms with van der Waals surface area (Å²) in [6.07, 6.45) is 5.27. The van der Waals surface area contributed by atoms with E-state index in [9.17, 15) is 4.79 Å². The summed E-state index contributed by atoms with van der Waals surface area (Å²) in [5.41, 5.74) is 5.36. The Kier molecular flexibility index (Phi) is 5.35. The molecule has 0 saturated carbocycles. The molecule has 1 heterocycles. The first-order valence-corrected chi connectivity index (χ1v) is 9.62. The van der Waals surface area contributed by atoms with Gasteiger partial charge in [0.25, 0.3) is 5.91 Å². The zero-order valence-electron chi connectivity index (χ0n) is 14.9. The number of para-hydroxylation sites is 2. The molecule has 4 nitrogen and oxygen atoms in total. The van der Waals surface area contributed by atoms with E-state index in [-0.39, 0.29) is 5.91 Å². The molecule has 0 bridgehead atoms. The molecule has 0 aliphatic carbocycles. The Balaban J connectivity index is 1.50. The van der Waals surface area contributed by atoms with Crippen molar-refractivity contribution in [2.24, 2.45) is 5.10 Å². The van der Waals surface area contributed by atoms with Gasteiger partial charge in [-0.15, -0.1) is 0 Å². The van der Waals surface area contributed by atoms with E-state index in [2.05, 4.69) is 26.5 Å². The summed E-state index contributed by atoms with van der Waals surface area (Å²) in [4.78, 5) is 12.9. The van der Waals surface area contributed by atoms with Gasteiger partial charge in [-0.25, -0.2) is 5.43 Å². The highest BCUT2D eigenvalue weighted by Crippen LogP contribution is 2.43. The first kappa shape index (κ1) is 18.2. The van der Waals surface area contributed by atoms with Crippen molar-refractivity contribution in [3.8, 4) is 11.5 Å². The van der Waals surface area contributed by atoms with E-state index in [0.717, 1.165) is 21.2 Å². The van der Waals surface area contributed by atoms with E-state index in [0.29, 0.717) is 11.5 Å². The number of hydrogen-bond acceptors (Lipinski definition) is 3. The van der Waals surface area contributed by atoms with Gasteiger partial charge in [0.15, 0.2) is 0 Å². The van der Waals surface area contributed by atoms with Crippen LogP contribution >= 0.6 is 15.9 Å². The van der Waals surface area contributed by atoms with Gasteiger partial charge in [0.05, 0.1) is 5.92 Å². The van der Waals surface area contributed by atoms with Crippen LogP contribution in [-0.4, -0.2) is 12.1 Å². The van der Waals surface area contributed by atoms with Gasteiger partial charge >= 0.3 is 0 Å². The maximum absolute atomic E-state index is 12.9. The van der Waals surface area contributed by atoms with Crippen LogP contribution in [0.5, 0.6) is 11.5 Å². The molecule has 5 heteroatoms. The second-order valence-corrected chi connectivity index (χ2v) is 7.19. The summed E-state index contributed by atoms with van der Waals surface area (Å²) >= 11 is 3.41. The normalized spacial score (nSPS) is 13.2. The third kappa shape index (κ3) is 3.89. The number of ether oxygens (including phenoxy) is 1. The zero-order valence-corrected chi connectivity index (χ0v) is 16.5. The van der Waals surface area contributed by atoms with Crippen molar-refractivity contribution in [1.29, 1.82) is 0 Å². The van der Waals surface area contributed by atoms with Gasteiger partial charge in [0.2, 0.25) is 0 Å². The average Bonchev–Trinajstić information content (AvgIpc) is 2.73. The first-order valence-electron chi connectivity index (χ1n) is 8.83. The van der Waals surface area contributed by atoms with Gasteiger partial charge in [-0.2, -0.15) is 5.10 Å². The zero-order chi connectivity index (χ0) is 19.3. The molecule has 1 amide bonds. The molecule has 4 rings (SSSR count). The van der Waals surface area contributed by atoms with E-state index in [1.165, 1.54) is 0 Å². The predicted octanol–water partition coefficient (Wildman–Crippen LogP) is 5.50. The molecule has 28 heavy (non-hydrogen) atoms. The number of hydrogen-bond donors (Lipinski definition) is 1. The maximum atomic E-state index is 12.9. The average molecular weight is 433 g/mol. The summed E-state index contributed by atoms with van der Waals surface area (Å²) in [6, 6.07) is 23.1. The minimum atomic E-state index is -0.464. The number of nitrogens with zero attached hydrogens (tertiary/aromatic N) is 1. The number of fused-ring (bicyclic) bond motifs is 2. The van der Waals surface area contributed by atoms with Gasteiger partial charge in [0, 0.05) is 21.8 Å². The summed E-state index contributed by atoms with van der Waals surface area (Å²) in [5.74, 6) is 0.728. The number of amides is 1. The molecule has 1 N–H and O–H groups in total. The van der Waals surface area contributed by atoms with Crippen LogP contribution in [0, 0.1) is 0 Å². The van der Waals surface area contributed by atoms with E-state index in [1.54, 1.807) is 12.3 Å². The maximum Gasteiger partial charge on any atom is 0.252 e. The highest BCUT2D eigenvalue weighted by Gasteiger charge is 2.32. The molecular weight excluding hydrogens is 416 g/mol. The van der Waals surface area contributed by atoms with Crippen molar-refractivity contribution in [3.63, 3.8) is 0 Å². The molecule has 138 valence electrons. The summed E-state index contributed by atoms with van der Waals surface area (Å²) in [5, 5.41) is 4.06. The molecule has 0 radical (unpaired) electrons. The number of benzene rings is 3. The van der Waals surface area contributed by atoms with Gasteiger partial charge in [0.1, 0.15) is 11.5 Å². The third-order valence-corrected chi connectivity index (χ3v) is 4.96. The molecule has 0 fully saturated rings. The number of halogens is 1. The lowest BCUT2D eigenvalue weighted by Gasteiger charge is -2.26. The molecule has 3 aromatic carbocycles. The van der Waals surface area contributed by atoms with Crippen molar-refractivity contribution in [3.05, 3.63) is 100 Å². The topological polar surface area (TPSA) is 50.7 Å². The van der Waals surface area contributed by atoms with Crippen LogP contribution in [-0.2, 0) is 4.79 Å². The third-order valence-electron chi connectivity index (χ3n) is 4.44. The Morgan fingerprint density at radius 2 is 1.54 bits per heavy atom. The van der Waals surface area contributed by atoms with Crippen molar-refractivity contribution in [1.82, 2.24) is 5.43 Å². The molecule has 0 spiro atoms. The largest absolute Gasteiger partial charge is 0.457 e. The van der Waals surface area contributed by atoms with Crippen molar-refractivity contribution in [2.75, 3.05) is 0 Å². The SMILES string of the molecule is O=C(N/N=C/C=C\c1ccc(Br)cc1)C1c2ccccc2Oc2ccccc21. The summed E-state index contributed by atoms with van der Waals surface area (Å²) in [6.45, 7) is 0. The van der Waals surface area contributed by atoms with E-state index in [4.69, 9.17) is 4.74 Å². The lowest BCUT2D eigenvalue weighted by Crippen LogP contribution is -2.28. The standard InChI is InChI=1S/C23H17BrN2O2/c24-17-13-11-16(12-14-17)6-5-15-25-26-23(27)22-18-7-1-3-9-20(18)28-21-10-4-2-8-19(21)22/h1-15,22H,(H,26,27)/b6-5-,25-15+. The van der Waals surface area contributed by atoms with Gasteiger partial charge < -0.3 is 4.74 Å². The number of nitrogens with one attached hydrogen (secondary N) is 1. The predicted molar refractivity (Wildman–Crippen MR) is 115 cm³/mol. The number of rotatable bonds is 4. The van der Waals surface area contributed by atoms with Crippen LogP contribution in [0.2, 0.25) is 0 Å². The van der Waals surface area contributed by atoms with Crippen molar-refractivity contribution >= 4 is 34.1 Å². The Morgan fingerprint density at radius 3 is 2.18 bits per heavy atom. The molecule has 3 aromatic rings. The number of allylic oxidation sites excluding steroid dienone is 1. The number of hydrazone groups is 1. The molecule has 1 aliphatic rings. The quantitative estimate of drug-likeness (QED) is 0.436. The fraction of sp³-hybridized carbons (Fsp3) is 0.0435. The van der Waals surface area contributed by atoms with Crippen LogP contribution in [0.25, 0.3) is 6.08 Å². The molecule has 1 aliphatic heterocycles. The first-order chi connectivity index (χ1) is 13.7. The molecule has 0 saturated heterocycles. The molecule has 0 atom stereocenters. The smallest absolute Gasteiger partial charge is 0.252 e. The van der Waals surface area contributed by atoms with Crippen LogP contribution in [0.3, 0.4) is 0 Å². The van der Waals surface area contributed by atoms with E-state index in [1.807, 2.05) is 78.9 Å². The lowest BCUT2D eigenvalue weighted by atomic mass is 9.87. The Labute approximate surface area is 171 Å². The molecular formula is C23H17BrN2O2. The molecule has 0 aromatic heterocycles. The van der Waals surface area contributed by atoms with Crippen LogP contribution < -0.4 is 10.2 Å². The van der Waals surface area contributed by atoms with E-state index >= 15 is 0 Å². The highest BCUT2D eigenvalue weighted by molar-refractivity contribution is 9.10. The van der Waals surface area contributed by atoms with Crippen LogP contribution in [0.15, 0.2) is 88.4 Å². The number of carbonyl (C=O) groups is 1. The molecule has 0 unspecified atom stereocenters. The highest BCUT2D eigenvalue weighted by atomic mass is 79.9. The fourth-order valence-electron chi connectivity index (χ4n) is 3.13. The monoisotopic (exact) mass is 432 g/mol. The minimum absolute atomic E-state index is 0.198. The van der Waals surface area contributed by atoms with Crippen LogP contribution in [0.1, 0.15) is 22.6 Å². The van der Waals surface area contributed by atoms with E-state index < -0.39 is 5.92 Å². The summed E-state index contributed by atoms with van der Waals surface area (Å²) < 4.78 is 6.96. The lowest BCUT2D eigenvalue weighted by molar-refractivity contribution is -0.121. The van der Waals surface area contributed by atoms with Crippen molar-refractivity contribution < 1.29 is 9.53 Å². The van der Waals surface area contributed by atoms with Crippen LogP contribution in [0.4, 0.5) is 0 Å². The Hall–Kier alpha value is -3.18. The Bertz CT molecular complexity index is 1010. The van der Waals surface area contributed by atoms with Crippen molar-refractivity contribution in [2.45, 2.75) is 5.92 Å². The Morgan fingerprint density at radius 1 is 0.929 bits per heavy atom. The minimum Gasteiger partial charge on any atom is -0.457 e. The van der Waals surface area contributed by atoms with Gasteiger partial charge in [-0.1, -0.05) is 70.5 Å². The second kappa shape index (κ2) is 8.23. The number of carbonyl (C=O) groups excluding carboxylic acids is 1. The summed E-state index contributed by atoms with van der Waals surface area (Å²) in [7, 11) is 0. The van der Waals surface area contributed by atoms with Gasteiger partial charge in [-0.3, -0.25) is 4.79 Å². The van der Waals surface area contributed by atoms with Gasteiger partial charge in [-0.05, 0) is 35.9 Å². The fourth-order valence-corrected chi connectivity index (χ4v) is 3.39.